The van der Waals surface area contributed by atoms with E-state index in [9.17, 15) is 9.18 Å². The number of piperazine rings is 1. The summed E-state index contributed by atoms with van der Waals surface area (Å²) < 4.78 is 18.9. The first-order chi connectivity index (χ1) is 14.6. The van der Waals surface area contributed by atoms with Crippen molar-refractivity contribution in [3.63, 3.8) is 0 Å². The van der Waals surface area contributed by atoms with Crippen LogP contribution in [0.4, 0.5) is 10.2 Å². The third kappa shape index (κ3) is 4.71. The van der Waals surface area contributed by atoms with Crippen LogP contribution < -0.4 is 9.64 Å². The molecule has 1 aromatic heterocycles. The SMILES string of the molecule is O=C(c1ccccc1OCc1ccc(F)cc1)N1CCN(c2ccc(Cl)cn2)CC1. The molecule has 0 saturated carbocycles. The summed E-state index contributed by atoms with van der Waals surface area (Å²) in [5.41, 5.74) is 1.36. The maximum absolute atomic E-state index is 13.1. The van der Waals surface area contributed by atoms with Crippen LogP contribution in [0.25, 0.3) is 0 Å². The Morgan fingerprint density at radius 2 is 1.73 bits per heavy atom. The fraction of sp³-hybridized carbons (Fsp3) is 0.217. The lowest BCUT2D eigenvalue weighted by Crippen LogP contribution is -2.49. The zero-order valence-electron chi connectivity index (χ0n) is 16.3. The summed E-state index contributed by atoms with van der Waals surface area (Å²) in [7, 11) is 0. The van der Waals surface area contributed by atoms with Crippen LogP contribution in [-0.4, -0.2) is 42.0 Å². The molecular formula is C23H21ClFN3O2. The molecule has 0 spiro atoms. The third-order valence-corrected chi connectivity index (χ3v) is 5.25. The van der Waals surface area contributed by atoms with Gasteiger partial charge in [-0.3, -0.25) is 4.79 Å². The average molecular weight is 426 g/mol. The van der Waals surface area contributed by atoms with Gasteiger partial charge in [0.25, 0.3) is 5.91 Å². The Balaban J connectivity index is 1.40. The fourth-order valence-electron chi connectivity index (χ4n) is 3.37. The molecule has 154 valence electrons. The van der Waals surface area contributed by atoms with Gasteiger partial charge in [0, 0.05) is 32.4 Å². The zero-order chi connectivity index (χ0) is 20.9. The molecule has 30 heavy (non-hydrogen) atoms. The molecular weight excluding hydrogens is 405 g/mol. The van der Waals surface area contributed by atoms with Gasteiger partial charge in [0.05, 0.1) is 10.6 Å². The second-order valence-electron chi connectivity index (χ2n) is 7.03. The topological polar surface area (TPSA) is 45.7 Å². The number of benzene rings is 2. The van der Waals surface area contributed by atoms with Gasteiger partial charge in [-0.15, -0.1) is 0 Å². The molecule has 0 N–H and O–H groups in total. The third-order valence-electron chi connectivity index (χ3n) is 5.03. The van der Waals surface area contributed by atoms with Crippen LogP contribution in [-0.2, 0) is 6.61 Å². The van der Waals surface area contributed by atoms with E-state index in [4.69, 9.17) is 16.3 Å². The number of hydrogen-bond acceptors (Lipinski definition) is 4. The number of ether oxygens (including phenoxy) is 1. The minimum atomic E-state index is -0.290. The van der Waals surface area contributed by atoms with Crippen LogP contribution >= 0.6 is 11.6 Å². The number of halogens is 2. The van der Waals surface area contributed by atoms with Crippen molar-refractivity contribution in [3.8, 4) is 5.75 Å². The monoisotopic (exact) mass is 425 g/mol. The van der Waals surface area contributed by atoms with E-state index in [-0.39, 0.29) is 18.3 Å². The first-order valence-electron chi connectivity index (χ1n) is 9.72. The van der Waals surface area contributed by atoms with Crippen molar-refractivity contribution in [2.75, 3.05) is 31.1 Å². The Morgan fingerprint density at radius 1 is 1.00 bits per heavy atom. The van der Waals surface area contributed by atoms with Crippen molar-refractivity contribution in [1.82, 2.24) is 9.88 Å². The molecule has 1 fully saturated rings. The number of amides is 1. The minimum absolute atomic E-state index is 0.0616. The highest BCUT2D eigenvalue weighted by Crippen LogP contribution is 2.23. The quantitative estimate of drug-likeness (QED) is 0.607. The Labute approximate surface area is 179 Å². The molecule has 3 aromatic rings. The molecule has 1 aliphatic heterocycles. The lowest BCUT2D eigenvalue weighted by atomic mass is 10.1. The van der Waals surface area contributed by atoms with Crippen LogP contribution in [0.1, 0.15) is 15.9 Å². The highest BCUT2D eigenvalue weighted by atomic mass is 35.5. The van der Waals surface area contributed by atoms with E-state index in [0.717, 1.165) is 11.4 Å². The maximum Gasteiger partial charge on any atom is 0.257 e. The molecule has 4 rings (SSSR count). The standard InChI is InChI=1S/C23H21ClFN3O2/c24-18-7-10-22(26-15-18)27-11-13-28(14-12-27)23(29)20-3-1-2-4-21(20)30-16-17-5-8-19(25)9-6-17/h1-10,15H,11-14,16H2. The van der Waals surface area contributed by atoms with Gasteiger partial charge in [-0.25, -0.2) is 9.37 Å². The number of carbonyl (C=O) groups is 1. The summed E-state index contributed by atoms with van der Waals surface area (Å²) in [5.74, 6) is 1.03. The molecule has 1 saturated heterocycles. The van der Waals surface area contributed by atoms with Crippen molar-refractivity contribution in [1.29, 1.82) is 0 Å². The largest absolute Gasteiger partial charge is 0.488 e. The Morgan fingerprint density at radius 3 is 2.43 bits per heavy atom. The van der Waals surface area contributed by atoms with Crippen LogP contribution in [0.15, 0.2) is 66.9 Å². The number of aromatic nitrogens is 1. The number of para-hydroxylation sites is 1. The van der Waals surface area contributed by atoms with E-state index in [0.29, 0.717) is 42.5 Å². The van der Waals surface area contributed by atoms with Gasteiger partial charge in [0.15, 0.2) is 0 Å². The first-order valence-corrected chi connectivity index (χ1v) is 10.1. The second-order valence-corrected chi connectivity index (χ2v) is 7.46. The predicted molar refractivity (Wildman–Crippen MR) is 115 cm³/mol. The van der Waals surface area contributed by atoms with Crippen LogP contribution in [0, 0.1) is 5.82 Å². The minimum Gasteiger partial charge on any atom is -0.488 e. The molecule has 0 radical (unpaired) electrons. The number of nitrogens with zero attached hydrogens (tertiary/aromatic N) is 3. The summed E-state index contributed by atoms with van der Waals surface area (Å²) in [6.07, 6.45) is 1.63. The van der Waals surface area contributed by atoms with E-state index < -0.39 is 0 Å². The summed E-state index contributed by atoms with van der Waals surface area (Å²) in [6, 6.07) is 17.0. The number of carbonyl (C=O) groups excluding carboxylic acids is 1. The van der Waals surface area contributed by atoms with E-state index in [2.05, 4.69) is 9.88 Å². The van der Waals surface area contributed by atoms with Gasteiger partial charge < -0.3 is 14.5 Å². The lowest BCUT2D eigenvalue weighted by Gasteiger charge is -2.35. The first kappa shape index (κ1) is 20.2. The van der Waals surface area contributed by atoms with E-state index in [1.54, 1.807) is 30.5 Å². The zero-order valence-corrected chi connectivity index (χ0v) is 17.1. The molecule has 1 amide bonds. The van der Waals surface area contributed by atoms with Crippen molar-refractivity contribution in [2.24, 2.45) is 0 Å². The number of pyridine rings is 1. The van der Waals surface area contributed by atoms with Crippen molar-refractivity contribution >= 4 is 23.3 Å². The number of anilines is 1. The van der Waals surface area contributed by atoms with Crippen molar-refractivity contribution in [3.05, 3.63) is 88.8 Å². The molecule has 7 heteroatoms. The predicted octanol–water partition coefficient (Wildman–Crippen LogP) is 4.42. The highest BCUT2D eigenvalue weighted by molar-refractivity contribution is 6.30. The molecule has 0 unspecified atom stereocenters. The van der Waals surface area contributed by atoms with Crippen molar-refractivity contribution < 1.29 is 13.9 Å². The van der Waals surface area contributed by atoms with E-state index in [1.165, 1.54) is 12.1 Å². The number of rotatable bonds is 5. The van der Waals surface area contributed by atoms with Crippen molar-refractivity contribution in [2.45, 2.75) is 6.61 Å². The van der Waals surface area contributed by atoms with Gasteiger partial charge >= 0.3 is 0 Å². The molecule has 1 aliphatic rings. The summed E-state index contributed by atoms with van der Waals surface area (Å²) in [6.45, 7) is 2.84. The Kier molecular flexibility index (Phi) is 6.14. The maximum atomic E-state index is 13.1. The van der Waals surface area contributed by atoms with Gasteiger partial charge in [-0.05, 0) is 42.0 Å². The summed E-state index contributed by atoms with van der Waals surface area (Å²) >= 11 is 5.91. The van der Waals surface area contributed by atoms with Crippen LogP contribution in [0.5, 0.6) is 5.75 Å². The molecule has 0 bridgehead atoms. The smallest absolute Gasteiger partial charge is 0.257 e. The molecule has 0 aliphatic carbocycles. The summed E-state index contributed by atoms with van der Waals surface area (Å²) in [4.78, 5) is 21.4. The van der Waals surface area contributed by atoms with E-state index in [1.807, 2.05) is 29.2 Å². The molecule has 2 aromatic carbocycles. The van der Waals surface area contributed by atoms with Gasteiger partial charge in [-0.2, -0.15) is 0 Å². The Bertz CT molecular complexity index is 1000. The van der Waals surface area contributed by atoms with Crippen LogP contribution in [0.2, 0.25) is 5.02 Å². The summed E-state index contributed by atoms with van der Waals surface area (Å²) in [5, 5.41) is 0.602. The van der Waals surface area contributed by atoms with Gasteiger partial charge in [0.2, 0.25) is 0 Å². The number of hydrogen-bond donors (Lipinski definition) is 0. The van der Waals surface area contributed by atoms with E-state index >= 15 is 0 Å². The van der Waals surface area contributed by atoms with Gasteiger partial charge in [0.1, 0.15) is 24.0 Å². The highest BCUT2D eigenvalue weighted by Gasteiger charge is 2.24. The molecule has 2 heterocycles. The lowest BCUT2D eigenvalue weighted by molar-refractivity contribution is 0.0741. The average Bonchev–Trinajstić information content (AvgIpc) is 2.79. The molecule has 5 nitrogen and oxygen atoms in total. The Hall–Kier alpha value is -3.12. The molecule has 0 atom stereocenters. The van der Waals surface area contributed by atoms with Gasteiger partial charge in [-0.1, -0.05) is 35.9 Å². The van der Waals surface area contributed by atoms with Crippen LogP contribution in [0.3, 0.4) is 0 Å². The normalized spacial score (nSPS) is 13.9. The fourth-order valence-corrected chi connectivity index (χ4v) is 3.49. The second kappa shape index (κ2) is 9.13.